The van der Waals surface area contributed by atoms with Crippen LogP contribution in [0.1, 0.15) is 23.2 Å². The van der Waals surface area contributed by atoms with E-state index in [4.69, 9.17) is 18.9 Å². The number of benzene rings is 2. The summed E-state index contributed by atoms with van der Waals surface area (Å²) in [6.07, 6.45) is 0.551. The molecule has 1 saturated heterocycles. The molecule has 1 unspecified atom stereocenters. The zero-order valence-electron chi connectivity index (χ0n) is 19.4. The summed E-state index contributed by atoms with van der Waals surface area (Å²) in [5.41, 5.74) is 0.137. The average Bonchev–Trinajstić information content (AvgIpc) is 3.41. The Morgan fingerprint density at radius 1 is 1.03 bits per heavy atom. The fourth-order valence-corrected chi connectivity index (χ4v) is 5.30. The number of sulfonamides is 1. The molecule has 0 spiro atoms. The molecular formula is C23H30N2O8S. The Labute approximate surface area is 199 Å². The fourth-order valence-electron chi connectivity index (χ4n) is 3.60. The Morgan fingerprint density at radius 2 is 1.65 bits per heavy atom. The maximum atomic E-state index is 13.0. The highest BCUT2D eigenvalue weighted by molar-refractivity contribution is 7.89. The van der Waals surface area contributed by atoms with Gasteiger partial charge in [-0.1, -0.05) is 6.07 Å². The van der Waals surface area contributed by atoms with Crippen LogP contribution in [0.25, 0.3) is 0 Å². The van der Waals surface area contributed by atoms with Gasteiger partial charge in [0.2, 0.25) is 15.8 Å². The molecule has 0 radical (unpaired) electrons. The summed E-state index contributed by atoms with van der Waals surface area (Å²) in [6, 6.07) is 9.36. The minimum Gasteiger partial charge on any atom is -0.495 e. The lowest BCUT2D eigenvalue weighted by Gasteiger charge is -2.19. The number of hydrogen-bond donors (Lipinski definition) is 2. The molecule has 1 heterocycles. The third-order valence-electron chi connectivity index (χ3n) is 5.41. The van der Waals surface area contributed by atoms with Crippen molar-refractivity contribution >= 4 is 15.9 Å². The second-order valence-electron chi connectivity index (χ2n) is 7.64. The first-order valence-electron chi connectivity index (χ1n) is 10.8. The normalized spacial score (nSPS) is 14.9. The molecule has 2 aromatic rings. The highest BCUT2D eigenvalue weighted by Crippen LogP contribution is 2.36. The van der Waals surface area contributed by atoms with Crippen molar-refractivity contribution in [2.75, 3.05) is 47.6 Å². The lowest BCUT2D eigenvalue weighted by molar-refractivity contribution is 0.0833. The lowest BCUT2D eigenvalue weighted by atomic mass is 10.2. The molecule has 0 bridgehead atoms. The van der Waals surface area contributed by atoms with Crippen LogP contribution in [0.4, 0.5) is 0 Å². The van der Waals surface area contributed by atoms with Gasteiger partial charge in [0.05, 0.1) is 21.3 Å². The van der Waals surface area contributed by atoms with E-state index in [9.17, 15) is 18.3 Å². The number of hydrogen-bond acceptors (Lipinski definition) is 8. The van der Waals surface area contributed by atoms with Gasteiger partial charge >= 0.3 is 0 Å². The largest absolute Gasteiger partial charge is 0.495 e. The third kappa shape index (κ3) is 5.72. The highest BCUT2D eigenvalue weighted by atomic mass is 32.2. The van der Waals surface area contributed by atoms with E-state index in [2.05, 4.69) is 5.32 Å². The number of aliphatic hydroxyl groups is 1. The number of amides is 1. The van der Waals surface area contributed by atoms with Crippen LogP contribution in [0, 0.1) is 0 Å². The number of ether oxygens (including phenoxy) is 4. The van der Waals surface area contributed by atoms with Crippen molar-refractivity contribution in [2.24, 2.45) is 0 Å². The monoisotopic (exact) mass is 494 g/mol. The number of rotatable bonds is 11. The van der Waals surface area contributed by atoms with Gasteiger partial charge in [0.1, 0.15) is 23.4 Å². The molecule has 2 aromatic carbocycles. The van der Waals surface area contributed by atoms with Crippen LogP contribution in [0.2, 0.25) is 0 Å². The quantitative estimate of drug-likeness (QED) is 0.484. The van der Waals surface area contributed by atoms with Crippen molar-refractivity contribution in [2.45, 2.75) is 23.8 Å². The highest BCUT2D eigenvalue weighted by Gasteiger charge is 2.30. The Morgan fingerprint density at radius 3 is 2.24 bits per heavy atom. The summed E-state index contributed by atoms with van der Waals surface area (Å²) in [5.74, 6) is 0.864. The summed E-state index contributed by atoms with van der Waals surface area (Å²) in [6.45, 7) is 0.626. The second-order valence-corrected chi connectivity index (χ2v) is 9.55. The van der Waals surface area contributed by atoms with Gasteiger partial charge in [-0.05, 0) is 43.2 Å². The van der Waals surface area contributed by atoms with Crippen LogP contribution in [-0.4, -0.2) is 77.4 Å². The second kappa shape index (κ2) is 11.4. The molecule has 2 N–H and O–H groups in total. The van der Waals surface area contributed by atoms with E-state index in [-0.39, 0.29) is 29.4 Å². The molecular weight excluding hydrogens is 464 g/mol. The third-order valence-corrected chi connectivity index (χ3v) is 7.33. The van der Waals surface area contributed by atoms with Gasteiger partial charge in [0, 0.05) is 25.2 Å². The SMILES string of the molecule is COc1ccc(C(=O)NCC(O)COc2c(OC)cccc2OC)cc1S(=O)(=O)N1CCCC1. The predicted octanol–water partition coefficient (Wildman–Crippen LogP) is 1.67. The van der Waals surface area contributed by atoms with Crippen LogP contribution >= 0.6 is 0 Å². The zero-order chi connectivity index (χ0) is 24.7. The van der Waals surface area contributed by atoms with E-state index in [0.717, 1.165) is 12.8 Å². The molecule has 10 nitrogen and oxygen atoms in total. The first kappa shape index (κ1) is 25.6. The summed E-state index contributed by atoms with van der Waals surface area (Å²) in [5, 5.41) is 12.9. The van der Waals surface area contributed by atoms with E-state index < -0.39 is 22.0 Å². The summed E-state index contributed by atoms with van der Waals surface area (Å²) >= 11 is 0. The van der Waals surface area contributed by atoms with Gasteiger partial charge < -0.3 is 29.4 Å². The maximum Gasteiger partial charge on any atom is 0.251 e. The lowest BCUT2D eigenvalue weighted by Crippen LogP contribution is -2.35. The van der Waals surface area contributed by atoms with Crippen LogP contribution in [-0.2, 0) is 10.0 Å². The molecule has 186 valence electrons. The number of methoxy groups -OCH3 is 3. The fraction of sp³-hybridized carbons (Fsp3) is 0.435. The van der Waals surface area contributed by atoms with Gasteiger partial charge in [0.25, 0.3) is 5.91 Å². The first-order valence-corrected chi connectivity index (χ1v) is 12.2. The number of carbonyl (C=O) groups is 1. The Balaban J connectivity index is 1.65. The van der Waals surface area contributed by atoms with Gasteiger partial charge in [-0.25, -0.2) is 8.42 Å². The van der Waals surface area contributed by atoms with Crippen LogP contribution in [0.3, 0.4) is 0 Å². The zero-order valence-corrected chi connectivity index (χ0v) is 20.3. The smallest absolute Gasteiger partial charge is 0.251 e. The Bertz CT molecular complexity index is 1080. The van der Waals surface area contributed by atoms with E-state index in [1.165, 1.54) is 43.8 Å². The maximum absolute atomic E-state index is 13.0. The average molecular weight is 495 g/mol. The van der Waals surface area contributed by atoms with E-state index >= 15 is 0 Å². The number of carbonyl (C=O) groups excluding carboxylic acids is 1. The van der Waals surface area contributed by atoms with Crippen molar-refractivity contribution in [3.8, 4) is 23.0 Å². The van der Waals surface area contributed by atoms with Gasteiger partial charge in [-0.3, -0.25) is 4.79 Å². The molecule has 1 aliphatic rings. The van der Waals surface area contributed by atoms with Gasteiger partial charge in [-0.2, -0.15) is 4.31 Å². The molecule has 1 aliphatic heterocycles. The molecule has 3 rings (SSSR count). The molecule has 0 aromatic heterocycles. The van der Waals surface area contributed by atoms with Crippen molar-refractivity contribution in [1.82, 2.24) is 9.62 Å². The van der Waals surface area contributed by atoms with Crippen molar-refractivity contribution in [3.63, 3.8) is 0 Å². The minimum atomic E-state index is -3.79. The number of nitrogens with zero attached hydrogens (tertiary/aromatic N) is 1. The van der Waals surface area contributed by atoms with Crippen LogP contribution in [0.15, 0.2) is 41.3 Å². The van der Waals surface area contributed by atoms with Crippen LogP contribution < -0.4 is 24.3 Å². The van der Waals surface area contributed by atoms with Crippen molar-refractivity contribution in [1.29, 1.82) is 0 Å². The van der Waals surface area contributed by atoms with E-state index in [1.807, 2.05) is 0 Å². The van der Waals surface area contributed by atoms with Gasteiger partial charge in [-0.15, -0.1) is 0 Å². The molecule has 1 amide bonds. The molecule has 1 fully saturated rings. The first-order chi connectivity index (χ1) is 16.3. The summed E-state index contributed by atoms with van der Waals surface area (Å²) < 4.78 is 48.8. The van der Waals surface area contributed by atoms with Crippen molar-refractivity contribution < 1.29 is 37.3 Å². The Hall–Kier alpha value is -3.02. The van der Waals surface area contributed by atoms with E-state index in [1.54, 1.807) is 18.2 Å². The van der Waals surface area contributed by atoms with Crippen molar-refractivity contribution in [3.05, 3.63) is 42.0 Å². The topological polar surface area (TPSA) is 124 Å². The molecule has 0 saturated carbocycles. The molecule has 0 aliphatic carbocycles. The summed E-state index contributed by atoms with van der Waals surface area (Å²) in [7, 11) is 0.577. The van der Waals surface area contributed by atoms with Crippen LogP contribution in [0.5, 0.6) is 23.0 Å². The standard InChI is InChI=1S/C23H30N2O8S/c1-30-18-10-9-16(13-21(18)34(28,29)25-11-4-5-12-25)23(27)24-14-17(26)15-33-22-19(31-2)7-6-8-20(22)32-3/h6-10,13,17,26H,4-5,11-12,14-15H2,1-3H3,(H,24,27). The molecule has 34 heavy (non-hydrogen) atoms. The molecule has 1 atom stereocenters. The number of aliphatic hydroxyl groups excluding tert-OH is 1. The van der Waals surface area contributed by atoms with E-state index in [0.29, 0.717) is 30.3 Å². The Kier molecular flexibility index (Phi) is 8.59. The minimum absolute atomic E-state index is 0.0586. The summed E-state index contributed by atoms with van der Waals surface area (Å²) in [4.78, 5) is 12.6. The number of para-hydroxylation sites is 1. The predicted molar refractivity (Wildman–Crippen MR) is 124 cm³/mol. The van der Waals surface area contributed by atoms with Gasteiger partial charge in [0.15, 0.2) is 11.5 Å². The number of nitrogens with one attached hydrogen (secondary N) is 1. The molecule has 11 heteroatoms.